The van der Waals surface area contributed by atoms with E-state index in [-0.39, 0.29) is 5.97 Å². The maximum Gasteiger partial charge on any atom is 0.330 e. The second-order valence-electron chi connectivity index (χ2n) is 7.34. The van der Waals surface area contributed by atoms with Crippen LogP contribution in [0.4, 0.5) is 0 Å². The maximum atomic E-state index is 10.9. The second kappa shape index (κ2) is 22.0. The first-order chi connectivity index (χ1) is 12.8. The normalized spacial score (nSPS) is 11.1. The quantitative estimate of drug-likeness (QED) is 0.0948. The van der Waals surface area contributed by atoms with Gasteiger partial charge in [0.1, 0.15) is 0 Å². The fourth-order valence-electron chi connectivity index (χ4n) is 3.18. The van der Waals surface area contributed by atoms with Crippen LogP contribution in [0.5, 0.6) is 0 Å². The number of carbonyl (C=O) groups excluding carboxylic acids is 1. The lowest BCUT2D eigenvalue weighted by molar-refractivity contribution is -0.137. The van der Waals surface area contributed by atoms with E-state index in [2.05, 4.69) is 25.7 Å². The van der Waals surface area contributed by atoms with E-state index in [1.807, 2.05) is 0 Å². The molecule has 0 radical (unpaired) electrons. The Labute approximate surface area is 163 Å². The molecule has 0 bridgehead atoms. The average Bonchev–Trinajstić information content (AvgIpc) is 2.66. The minimum atomic E-state index is -0.301. The Bertz CT molecular complexity index is 333. The topological polar surface area (TPSA) is 26.3 Å². The van der Waals surface area contributed by atoms with Crippen molar-refractivity contribution < 1.29 is 9.53 Å². The van der Waals surface area contributed by atoms with Gasteiger partial charge in [-0.15, -0.1) is 0 Å². The van der Waals surface area contributed by atoms with Crippen LogP contribution in [0, 0.1) is 0 Å². The molecule has 0 aromatic rings. The first-order valence-corrected chi connectivity index (χ1v) is 11.3. The Morgan fingerprint density at radius 2 is 1.12 bits per heavy atom. The predicted octanol–water partition coefficient (Wildman–Crippen LogP) is 7.92. The van der Waals surface area contributed by atoms with Gasteiger partial charge in [-0.05, 0) is 25.7 Å². The van der Waals surface area contributed by atoms with Crippen LogP contribution in [0.3, 0.4) is 0 Å². The monoisotopic (exact) mass is 364 g/mol. The average molecular weight is 365 g/mol. The molecule has 0 fully saturated rings. The molecule has 0 unspecified atom stereocenters. The molecule has 0 amide bonds. The van der Waals surface area contributed by atoms with Crippen LogP contribution in [-0.2, 0) is 9.53 Å². The Balaban J connectivity index is 3.04. The van der Waals surface area contributed by atoms with Crippen LogP contribution >= 0.6 is 0 Å². The lowest BCUT2D eigenvalue weighted by atomic mass is 10.0. The second-order valence-corrected chi connectivity index (χ2v) is 7.34. The number of allylic oxidation sites excluding steroid dienone is 2. The van der Waals surface area contributed by atoms with Crippen molar-refractivity contribution >= 4 is 5.97 Å². The van der Waals surface area contributed by atoms with Crippen molar-refractivity contribution in [3.05, 3.63) is 24.8 Å². The van der Waals surface area contributed by atoms with Gasteiger partial charge in [-0.3, -0.25) is 0 Å². The maximum absolute atomic E-state index is 10.9. The summed E-state index contributed by atoms with van der Waals surface area (Å²) in [5, 5.41) is 0. The van der Waals surface area contributed by atoms with E-state index in [4.69, 9.17) is 4.74 Å². The summed E-state index contributed by atoms with van der Waals surface area (Å²) >= 11 is 0. The van der Waals surface area contributed by atoms with Crippen molar-refractivity contribution in [1.82, 2.24) is 0 Å². The fourth-order valence-corrected chi connectivity index (χ4v) is 3.18. The van der Waals surface area contributed by atoms with Gasteiger partial charge in [-0.25, -0.2) is 4.79 Å². The molecule has 2 heteroatoms. The predicted molar refractivity (Wildman–Crippen MR) is 114 cm³/mol. The molecule has 0 aliphatic heterocycles. The molecule has 0 saturated heterocycles. The highest BCUT2D eigenvalue weighted by molar-refractivity contribution is 5.81. The summed E-state index contributed by atoms with van der Waals surface area (Å²) in [6.07, 6.45) is 28.5. The van der Waals surface area contributed by atoms with E-state index in [0.717, 1.165) is 6.42 Å². The van der Waals surface area contributed by atoms with Gasteiger partial charge in [0.15, 0.2) is 0 Å². The van der Waals surface area contributed by atoms with Gasteiger partial charge in [0.2, 0.25) is 0 Å². The van der Waals surface area contributed by atoms with E-state index in [1.165, 1.54) is 109 Å². The van der Waals surface area contributed by atoms with Gasteiger partial charge in [0, 0.05) is 6.08 Å². The third-order valence-corrected chi connectivity index (χ3v) is 4.83. The molecule has 152 valence electrons. The summed E-state index contributed by atoms with van der Waals surface area (Å²) in [6, 6.07) is 0. The smallest absolute Gasteiger partial charge is 0.330 e. The molecular formula is C24H44O2. The zero-order valence-corrected chi connectivity index (χ0v) is 17.5. The Hall–Kier alpha value is -1.05. The molecular weight excluding hydrogens is 320 g/mol. The molecule has 0 aromatic heterocycles. The summed E-state index contributed by atoms with van der Waals surface area (Å²) in [4.78, 5) is 10.9. The minimum Gasteiger partial charge on any atom is -0.463 e. The molecule has 0 saturated carbocycles. The number of esters is 1. The van der Waals surface area contributed by atoms with Crippen LogP contribution in [-0.4, -0.2) is 12.6 Å². The summed E-state index contributed by atoms with van der Waals surface area (Å²) in [7, 11) is 0. The molecule has 0 aliphatic rings. The van der Waals surface area contributed by atoms with E-state index < -0.39 is 0 Å². The van der Waals surface area contributed by atoms with E-state index in [9.17, 15) is 4.79 Å². The van der Waals surface area contributed by atoms with Crippen LogP contribution in [0.15, 0.2) is 24.8 Å². The molecule has 2 nitrogen and oxygen atoms in total. The number of unbranched alkanes of at least 4 members (excludes halogenated alkanes) is 15. The van der Waals surface area contributed by atoms with E-state index in [0.29, 0.717) is 6.61 Å². The lowest BCUT2D eigenvalue weighted by Crippen LogP contribution is -2.01. The van der Waals surface area contributed by atoms with Gasteiger partial charge in [0.05, 0.1) is 6.61 Å². The number of carbonyl (C=O) groups is 1. The van der Waals surface area contributed by atoms with Gasteiger partial charge >= 0.3 is 5.97 Å². The molecule has 0 heterocycles. The zero-order valence-electron chi connectivity index (χ0n) is 17.5. The van der Waals surface area contributed by atoms with Gasteiger partial charge < -0.3 is 4.74 Å². The molecule has 0 aliphatic carbocycles. The summed E-state index contributed by atoms with van der Waals surface area (Å²) < 4.78 is 4.96. The van der Waals surface area contributed by atoms with Crippen molar-refractivity contribution in [1.29, 1.82) is 0 Å². The van der Waals surface area contributed by atoms with Gasteiger partial charge in [-0.1, -0.05) is 109 Å². The number of hydrogen-bond donors (Lipinski definition) is 0. The Kier molecular flexibility index (Phi) is 21.1. The fraction of sp³-hybridized carbons (Fsp3) is 0.792. The molecule has 26 heavy (non-hydrogen) atoms. The molecule has 0 atom stereocenters. The van der Waals surface area contributed by atoms with Crippen molar-refractivity contribution in [2.24, 2.45) is 0 Å². The van der Waals surface area contributed by atoms with Crippen molar-refractivity contribution in [2.75, 3.05) is 6.61 Å². The zero-order chi connectivity index (χ0) is 19.1. The number of ether oxygens (including phenoxy) is 1. The highest BCUT2D eigenvalue weighted by Gasteiger charge is 1.96. The highest BCUT2D eigenvalue weighted by atomic mass is 16.5. The van der Waals surface area contributed by atoms with Crippen LogP contribution in [0.2, 0.25) is 0 Å². The molecule has 0 N–H and O–H groups in total. The molecule has 0 aromatic carbocycles. The number of rotatable bonds is 20. The number of hydrogen-bond acceptors (Lipinski definition) is 2. The Morgan fingerprint density at radius 1 is 0.692 bits per heavy atom. The summed E-state index contributed by atoms with van der Waals surface area (Å²) in [6.45, 7) is 6.13. The molecule has 0 spiro atoms. The molecule has 0 rings (SSSR count). The van der Waals surface area contributed by atoms with Gasteiger partial charge in [-0.2, -0.15) is 0 Å². The Morgan fingerprint density at radius 3 is 1.54 bits per heavy atom. The van der Waals surface area contributed by atoms with Gasteiger partial charge in [0.25, 0.3) is 0 Å². The first-order valence-electron chi connectivity index (χ1n) is 11.3. The third-order valence-electron chi connectivity index (χ3n) is 4.83. The highest BCUT2D eigenvalue weighted by Crippen LogP contribution is 2.13. The standard InChI is InChI=1S/C24H44O2/c1-3-5-6-7-8-9-10-11-12-13-14-15-16-17-18-19-20-21-22-23-26-24(25)4-2/h4-6H,2-3,7-23H2,1H3/b6-5+. The van der Waals surface area contributed by atoms with Crippen molar-refractivity contribution in [3.8, 4) is 0 Å². The third kappa shape index (κ3) is 21.0. The lowest BCUT2D eigenvalue weighted by Gasteiger charge is -2.04. The van der Waals surface area contributed by atoms with Crippen LogP contribution in [0.1, 0.15) is 116 Å². The summed E-state index contributed by atoms with van der Waals surface area (Å²) in [5.74, 6) is -0.301. The van der Waals surface area contributed by atoms with Crippen molar-refractivity contribution in [2.45, 2.75) is 116 Å². The van der Waals surface area contributed by atoms with E-state index in [1.54, 1.807) is 0 Å². The SMILES string of the molecule is C=CC(=O)OCCCCCCCCCCCCCCCCC/C=C/CC. The minimum absolute atomic E-state index is 0.301. The largest absolute Gasteiger partial charge is 0.463 e. The van der Waals surface area contributed by atoms with Crippen molar-refractivity contribution in [3.63, 3.8) is 0 Å². The first kappa shape index (κ1) is 24.9. The van der Waals surface area contributed by atoms with Crippen LogP contribution < -0.4 is 0 Å². The van der Waals surface area contributed by atoms with E-state index >= 15 is 0 Å². The van der Waals surface area contributed by atoms with Crippen LogP contribution in [0.25, 0.3) is 0 Å². The summed E-state index contributed by atoms with van der Waals surface area (Å²) in [5.41, 5.74) is 0.